The first kappa shape index (κ1) is 19.3. The van der Waals surface area contributed by atoms with Crippen molar-refractivity contribution in [2.75, 3.05) is 0 Å². The van der Waals surface area contributed by atoms with E-state index < -0.39 is 17.2 Å². The maximum atomic E-state index is 12.8. The summed E-state index contributed by atoms with van der Waals surface area (Å²) in [7, 11) is 1.33. The molecule has 0 amide bonds. The highest BCUT2D eigenvalue weighted by molar-refractivity contribution is 7.19. The quantitative estimate of drug-likeness (QED) is 0.526. The molecular weight excluding hydrogens is 416 g/mol. The highest BCUT2D eigenvalue weighted by Crippen LogP contribution is 2.31. The number of aromatic nitrogens is 4. The third-order valence-electron chi connectivity index (χ3n) is 4.67. The summed E-state index contributed by atoms with van der Waals surface area (Å²) >= 11 is 2.02. The minimum Gasteiger partial charge on any atom is -0.478 e. The molecule has 0 aliphatic carbocycles. The first-order chi connectivity index (χ1) is 13.7. The second-order valence-electron chi connectivity index (χ2n) is 6.78. The Morgan fingerprint density at radius 3 is 2.62 bits per heavy atom. The summed E-state index contributed by atoms with van der Waals surface area (Å²) in [6, 6.07) is 3.15. The van der Waals surface area contributed by atoms with Gasteiger partial charge >= 0.3 is 16.5 Å². The van der Waals surface area contributed by atoms with Crippen LogP contribution < -0.4 is 16.1 Å². The number of thiophene rings is 1. The fraction of sp³-hybridized carbons (Fsp3) is 0.278. The molecule has 0 atom stereocenters. The molecular formula is C18H16N4O5S2. The molecule has 9 nitrogen and oxygen atoms in total. The van der Waals surface area contributed by atoms with Gasteiger partial charge in [-0.2, -0.15) is 0 Å². The molecule has 4 aromatic heterocycles. The van der Waals surface area contributed by atoms with E-state index in [0.29, 0.717) is 20.1 Å². The second-order valence-corrected chi connectivity index (χ2v) is 8.80. The van der Waals surface area contributed by atoms with Gasteiger partial charge in [-0.15, -0.1) is 11.3 Å². The van der Waals surface area contributed by atoms with Crippen LogP contribution in [0.3, 0.4) is 0 Å². The van der Waals surface area contributed by atoms with Crippen molar-refractivity contribution in [1.29, 1.82) is 0 Å². The van der Waals surface area contributed by atoms with Gasteiger partial charge in [0, 0.05) is 24.2 Å². The molecule has 0 spiro atoms. The van der Waals surface area contributed by atoms with Crippen LogP contribution in [0.1, 0.15) is 35.1 Å². The number of fused-ring (bicyclic) bond motifs is 2. The Balaban J connectivity index is 2.08. The predicted octanol–water partition coefficient (Wildman–Crippen LogP) is 1.86. The number of hydrogen-bond donors (Lipinski definition) is 1. The van der Waals surface area contributed by atoms with Gasteiger partial charge in [0.25, 0.3) is 5.56 Å². The molecule has 29 heavy (non-hydrogen) atoms. The minimum absolute atomic E-state index is 0.0148. The van der Waals surface area contributed by atoms with Crippen LogP contribution in [0.5, 0.6) is 0 Å². The van der Waals surface area contributed by atoms with Gasteiger partial charge in [0.1, 0.15) is 9.66 Å². The largest absolute Gasteiger partial charge is 0.478 e. The van der Waals surface area contributed by atoms with Crippen molar-refractivity contribution in [1.82, 2.24) is 18.7 Å². The van der Waals surface area contributed by atoms with E-state index in [9.17, 15) is 24.3 Å². The number of pyridine rings is 1. The molecule has 4 heterocycles. The maximum Gasteiger partial charge on any atom is 0.337 e. The van der Waals surface area contributed by atoms with Gasteiger partial charge in [0.15, 0.2) is 0 Å². The third kappa shape index (κ3) is 2.85. The summed E-state index contributed by atoms with van der Waals surface area (Å²) in [6.07, 6.45) is 1.58. The standard InChI is InChI=1S/C18H16N4O5S2/c1-8(2)22-15-12(14(23)20(3)17(22)26)11(16(24)25)10(28-15)7-21-9-5-4-6-19-13(9)29-18(21)27/h4-6,8H,7H2,1-3H3,(H,24,25). The average molecular weight is 432 g/mol. The van der Waals surface area contributed by atoms with Crippen molar-refractivity contribution in [2.45, 2.75) is 26.4 Å². The SMILES string of the molecule is CC(C)n1c(=O)n(C)c(=O)c2c(C(=O)O)c(Cn3c(=O)sc4ncccc43)sc21. The molecule has 0 aliphatic heterocycles. The number of hydrogen-bond acceptors (Lipinski definition) is 7. The highest BCUT2D eigenvalue weighted by atomic mass is 32.1. The second kappa shape index (κ2) is 6.78. The summed E-state index contributed by atoms with van der Waals surface area (Å²) < 4.78 is 3.77. The highest BCUT2D eigenvalue weighted by Gasteiger charge is 2.26. The average Bonchev–Trinajstić information content (AvgIpc) is 3.18. The van der Waals surface area contributed by atoms with E-state index in [-0.39, 0.29) is 28.4 Å². The number of carboxylic acids is 1. The Labute approximate surface area is 170 Å². The van der Waals surface area contributed by atoms with Crippen molar-refractivity contribution >= 4 is 49.2 Å². The smallest absolute Gasteiger partial charge is 0.337 e. The number of nitrogens with zero attached hydrogens (tertiary/aromatic N) is 4. The normalized spacial score (nSPS) is 11.7. The Morgan fingerprint density at radius 2 is 1.97 bits per heavy atom. The van der Waals surface area contributed by atoms with Gasteiger partial charge in [-0.05, 0) is 26.0 Å². The van der Waals surface area contributed by atoms with Gasteiger partial charge < -0.3 is 5.11 Å². The number of carbonyl (C=O) groups is 1. The van der Waals surface area contributed by atoms with Gasteiger partial charge in [0.05, 0.1) is 23.0 Å². The molecule has 0 bridgehead atoms. The van der Waals surface area contributed by atoms with Crippen molar-refractivity contribution in [3.63, 3.8) is 0 Å². The monoisotopic (exact) mass is 432 g/mol. The molecule has 0 unspecified atom stereocenters. The first-order valence-corrected chi connectivity index (χ1v) is 10.3. The van der Waals surface area contributed by atoms with Crippen LogP contribution in [-0.4, -0.2) is 29.8 Å². The van der Waals surface area contributed by atoms with Crippen LogP contribution >= 0.6 is 22.7 Å². The van der Waals surface area contributed by atoms with Crippen molar-refractivity contribution < 1.29 is 9.90 Å². The molecule has 0 fully saturated rings. The van der Waals surface area contributed by atoms with Gasteiger partial charge in [-0.3, -0.25) is 23.3 Å². The lowest BCUT2D eigenvalue weighted by Gasteiger charge is -2.12. The Bertz CT molecular complexity index is 1470. The Morgan fingerprint density at radius 1 is 1.24 bits per heavy atom. The van der Waals surface area contributed by atoms with Crippen LogP contribution in [-0.2, 0) is 13.6 Å². The molecule has 0 saturated carbocycles. The van der Waals surface area contributed by atoms with Gasteiger partial charge in [0.2, 0.25) is 0 Å². The van der Waals surface area contributed by atoms with Gasteiger partial charge in [-0.1, -0.05) is 11.3 Å². The molecule has 11 heteroatoms. The number of aromatic carboxylic acids is 1. The van der Waals surface area contributed by atoms with E-state index in [1.165, 1.54) is 16.2 Å². The lowest BCUT2D eigenvalue weighted by Crippen LogP contribution is -2.38. The Kier molecular flexibility index (Phi) is 4.50. The molecule has 1 N–H and O–H groups in total. The summed E-state index contributed by atoms with van der Waals surface area (Å²) in [5.41, 5.74) is -0.754. The number of rotatable bonds is 4. The number of carboxylic acid groups (broad SMARTS) is 1. The van der Waals surface area contributed by atoms with E-state index in [2.05, 4.69) is 4.98 Å². The molecule has 150 valence electrons. The maximum absolute atomic E-state index is 12.8. The zero-order valence-electron chi connectivity index (χ0n) is 15.7. The van der Waals surface area contributed by atoms with Crippen LogP contribution in [0.2, 0.25) is 0 Å². The topological polar surface area (TPSA) is 116 Å². The molecule has 0 saturated heterocycles. The molecule has 0 radical (unpaired) electrons. The van der Waals surface area contributed by atoms with Crippen LogP contribution in [0.25, 0.3) is 20.6 Å². The van der Waals surface area contributed by atoms with Crippen LogP contribution in [0.15, 0.2) is 32.7 Å². The van der Waals surface area contributed by atoms with Crippen molar-refractivity contribution in [3.8, 4) is 0 Å². The minimum atomic E-state index is -1.27. The lowest BCUT2D eigenvalue weighted by atomic mass is 10.2. The number of thiazole rings is 1. The van der Waals surface area contributed by atoms with Crippen molar-refractivity contribution in [2.24, 2.45) is 7.05 Å². The van der Waals surface area contributed by atoms with E-state index >= 15 is 0 Å². The van der Waals surface area contributed by atoms with Crippen molar-refractivity contribution in [3.05, 3.63) is 59.3 Å². The third-order valence-corrected chi connectivity index (χ3v) is 6.75. The van der Waals surface area contributed by atoms with Gasteiger partial charge in [-0.25, -0.2) is 14.6 Å². The summed E-state index contributed by atoms with van der Waals surface area (Å²) in [5, 5.41) is 9.84. The molecule has 4 rings (SSSR count). The van der Waals surface area contributed by atoms with E-state index in [1.54, 1.807) is 32.2 Å². The van der Waals surface area contributed by atoms with E-state index in [0.717, 1.165) is 27.2 Å². The summed E-state index contributed by atoms with van der Waals surface area (Å²) in [5.74, 6) is -1.27. The summed E-state index contributed by atoms with van der Waals surface area (Å²) in [6.45, 7) is 3.54. The lowest BCUT2D eigenvalue weighted by molar-refractivity contribution is 0.0698. The van der Waals surface area contributed by atoms with Crippen LogP contribution in [0.4, 0.5) is 0 Å². The zero-order valence-corrected chi connectivity index (χ0v) is 17.3. The zero-order chi connectivity index (χ0) is 21.0. The van der Waals surface area contributed by atoms with Crippen LogP contribution in [0, 0.1) is 0 Å². The fourth-order valence-electron chi connectivity index (χ4n) is 3.32. The molecule has 0 aliphatic rings. The van der Waals surface area contributed by atoms with E-state index in [1.807, 2.05) is 0 Å². The Hall–Kier alpha value is -3.05. The first-order valence-electron chi connectivity index (χ1n) is 8.67. The predicted molar refractivity (Wildman–Crippen MR) is 112 cm³/mol. The molecule has 0 aromatic carbocycles. The summed E-state index contributed by atoms with van der Waals surface area (Å²) in [4.78, 5) is 55.0. The fourth-order valence-corrected chi connectivity index (χ4v) is 5.56. The molecule has 4 aromatic rings. The van der Waals surface area contributed by atoms with E-state index in [4.69, 9.17) is 0 Å².